The molecule has 3 heterocycles. The fourth-order valence-corrected chi connectivity index (χ4v) is 5.53. The summed E-state index contributed by atoms with van der Waals surface area (Å²) in [6.45, 7) is 11.4. The molecular formula is C34H32IrN2OSi-2. The van der Waals surface area contributed by atoms with E-state index in [2.05, 4.69) is 92.0 Å². The quantitative estimate of drug-likeness (QED) is 0.136. The van der Waals surface area contributed by atoms with Gasteiger partial charge in [0.1, 0.15) is 5.58 Å². The first kappa shape index (κ1) is 28.6. The normalized spacial score (nSPS) is 11.2. The average Bonchev–Trinajstić information content (AvgIpc) is 3.32. The summed E-state index contributed by atoms with van der Waals surface area (Å²) in [6.07, 6.45) is 3.74. The van der Waals surface area contributed by atoms with Crippen LogP contribution in [0.5, 0.6) is 0 Å². The molecule has 5 heteroatoms. The maximum atomic E-state index is 6.15. The molecule has 0 unspecified atom stereocenters. The summed E-state index contributed by atoms with van der Waals surface area (Å²) in [4.78, 5) is 8.88. The van der Waals surface area contributed by atoms with Gasteiger partial charge in [-0.25, -0.2) is 0 Å². The van der Waals surface area contributed by atoms with Gasteiger partial charge in [0.2, 0.25) is 0 Å². The molecule has 0 saturated carbocycles. The fraction of sp³-hybridized carbons (Fsp3) is 0.176. The summed E-state index contributed by atoms with van der Waals surface area (Å²) in [5.74, 6) is 0.534. The third-order valence-corrected chi connectivity index (χ3v) is 8.70. The van der Waals surface area contributed by atoms with Crippen LogP contribution in [0.25, 0.3) is 44.5 Å². The molecule has 0 atom stereocenters. The monoisotopic (exact) mass is 705 g/mol. The van der Waals surface area contributed by atoms with Crippen molar-refractivity contribution >= 4 is 35.2 Å². The second-order valence-electron chi connectivity index (χ2n) is 10.8. The van der Waals surface area contributed by atoms with Crippen LogP contribution in [-0.2, 0) is 20.1 Å². The topological polar surface area (TPSA) is 38.9 Å². The summed E-state index contributed by atoms with van der Waals surface area (Å²) in [5.41, 5.74) is 6.92. The zero-order chi connectivity index (χ0) is 26.7. The van der Waals surface area contributed by atoms with E-state index in [0.29, 0.717) is 5.92 Å². The molecule has 199 valence electrons. The van der Waals surface area contributed by atoms with Gasteiger partial charge in [-0.2, -0.15) is 0 Å². The van der Waals surface area contributed by atoms with Crippen LogP contribution in [0.2, 0.25) is 19.6 Å². The molecule has 0 bridgehead atoms. The van der Waals surface area contributed by atoms with Crippen LogP contribution in [0.1, 0.15) is 25.3 Å². The van der Waals surface area contributed by atoms with Crippen molar-refractivity contribution in [3.63, 3.8) is 0 Å². The molecule has 6 aromatic rings. The second kappa shape index (κ2) is 12.2. The van der Waals surface area contributed by atoms with Crippen LogP contribution in [0, 0.1) is 12.1 Å². The van der Waals surface area contributed by atoms with Crippen LogP contribution in [-0.4, -0.2) is 18.0 Å². The van der Waals surface area contributed by atoms with Gasteiger partial charge in [-0.15, -0.1) is 54.1 Å². The van der Waals surface area contributed by atoms with Crippen molar-refractivity contribution in [1.29, 1.82) is 0 Å². The van der Waals surface area contributed by atoms with Gasteiger partial charge in [0.25, 0.3) is 0 Å². The standard InChI is InChI=1S/C20H18NOSi.C14H14N.Ir/c1-23(2,3)14-10-11-19-17(13-14)15-7-6-8-16(20(15)22-19)18-9-4-5-12-21-18;1-11(2)13-8-9-14(15-10-13)12-6-4-3-5-7-12;/h4-7,9-13H,1-3H3;3-6,8-11H,1-2H3;/q2*-1;. The Bertz CT molecular complexity index is 1660. The molecule has 0 fully saturated rings. The molecule has 3 nitrogen and oxygen atoms in total. The summed E-state index contributed by atoms with van der Waals surface area (Å²) < 4.78 is 6.15. The largest absolute Gasteiger partial charge is 0.501 e. The number of fused-ring (bicyclic) bond motifs is 3. The maximum absolute atomic E-state index is 6.15. The average molecular weight is 705 g/mol. The van der Waals surface area contributed by atoms with Crippen molar-refractivity contribution in [2.24, 2.45) is 0 Å². The van der Waals surface area contributed by atoms with Gasteiger partial charge >= 0.3 is 0 Å². The van der Waals surface area contributed by atoms with Crippen molar-refractivity contribution in [1.82, 2.24) is 9.97 Å². The van der Waals surface area contributed by atoms with Crippen molar-refractivity contribution < 1.29 is 24.5 Å². The molecule has 0 aliphatic heterocycles. The van der Waals surface area contributed by atoms with E-state index in [4.69, 9.17) is 4.42 Å². The first-order chi connectivity index (χ1) is 18.3. The van der Waals surface area contributed by atoms with E-state index in [0.717, 1.165) is 39.1 Å². The van der Waals surface area contributed by atoms with E-state index in [1.807, 2.05) is 54.7 Å². The number of pyridine rings is 2. The SMILES string of the molecule is CC(C)c1ccc(-c2[c-]cccc2)nc1.C[Si](C)(C)c1ccc2oc3c(-c4ccccn4)[c-]ccc3c2c1.[Ir]. The smallest absolute Gasteiger partial charge is 0.120 e. The Kier molecular flexibility index (Phi) is 8.96. The van der Waals surface area contributed by atoms with E-state index in [1.54, 1.807) is 6.20 Å². The first-order valence-corrected chi connectivity index (χ1v) is 16.5. The Labute approximate surface area is 245 Å². The number of furan rings is 1. The summed E-state index contributed by atoms with van der Waals surface area (Å²) in [5, 5.41) is 3.77. The summed E-state index contributed by atoms with van der Waals surface area (Å²) >= 11 is 0. The molecule has 0 aliphatic carbocycles. The Morgan fingerprint density at radius 1 is 0.769 bits per heavy atom. The molecule has 0 saturated heterocycles. The van der Waals surface area contributed by atoms with Gasteiger partial charge in [0.05, 0.1) is 13.7 Å². The Morgan fingerprint density at radius 3 is 2.23 bits per heavy atom. The molecule has 39 heavy (non-hydrogen) atoms. The summed E-state index contributed by atoms with van der Waals surface area (Å²) in [7, 11) is -1.35. The van der Waals surface area contributed by atoms with Gasteiger partial charge in [-0.3, -0.25) is 0 Å². The Balaban J connectivity index is 0.000000192. The zero-order valence-electron chi connectivity index (χ0n) is 23.0. The van der Waals surface area contributed by atoms with Crippen molar-refractivity contribution in [2.45, 2.75) is 39.4 Å². The van der Waals surface area contributed by atoms with E-state index in [9.17, 15) is 0 Å². The van der Waals surface area contributed by atoms with Gasteiger partial charge in [-0.1, -0.05) is 86.0 Å². The van der Waals surface area contributed by atoms with Crippen LogP contribution >= 0.6 is 0 Å². The number of benzene rings is 3. The molecule has 0 amide bonds. The maximum Gasteiger partial charge on any atom is 0.120 e. The third kappa shape index (κ3) is 6.44. The van der Waals surface area contributed by atoms with E-state index >= 15 is 0 Å². The predicted molar refractivity (Wildman–Crippen MR) is 161 cm³/mol. The minimum Gasteiger partial charge on any atom is -0.501 e. The molecule has 6 rings (SSSR count). The summed E-state index contributed by atoms with van der Waals surface area (Å²) in [6, 6.07) is 35.1. The van der Waals surface area contributed by atoms with Crippen LogP contribution in [0.4, 0.5) is 0 Å². The number of rotatable bonds is 4. The van der Waals surface area contributed by atoms with E-state index in [1.165, 1.54) is 16.1 Å². The van der Waals surface area contributed by atoms with Crippen molar-refractivity contribution in [2.75, 3.05) is 0 Å². The molecule has 3 aromatic carbocycles. The number of aromatic nitrogens is 2. The predicted octanol–water partition coefficient (Wildman–Crippen LogP) is 8.66. The number of hydrogen-bond donors (Lipinski definition) is 0. The Hall–Kier alpha value is -3.37. The van der Waals surface area contributed by atoms with Gasteiger partial charge in [0, 0.05) is 37.9 Å². The molecule has 1 radical (unpaired) electrons. The van der Waals surface area contributed by atoms with Crippen molar-refractivity contribution in [3.05, 3.63) is 115 Å². The molecule has 0 N–H and O–H groups in total. The second-order valence-corrected chi connectivity index (χ2v) is 15.9. The van der Waals surface area contributed by atoms with E-state index in [-0.39, 0.29) is 20.1 Å². The van der Waals surface area contributed by atoms with Crippen LogP contribution < -0.4 is 5.19 Å². The number of hydrogen-bond acceptors (Lipinski definition) is 3. The number of nitrogens with zero attached hydrogens (tertiary/aromatic N) is 2. The molecular weight excluding hydrogens is 673 g/mol. The molecule has 3 aromatic heterocycles. The van der Waals surface area contributed by atoms with Crippen LogP contribution in [0.15, 0.2) is 102 Å². The van der Waals surface area contributed by atoms with Gasteiger partial charge in [-0.05, 0) is 35.0 Å². The Morgan fingerprint density at radius 2 is 1.59 bits per heavy atom. The molecule has 0 spiro atoms. The molecule has 0 aliphatic rings. The van der Waals surface area contributed by atoms with Gasteiger partial charge < -0.3 is 14.4 Å². The third-order valence-electron chi connectivity index (χ3n) is 6.66. The van der Waals surface area contributed by atoms with Gasteiger partial charge in [0.15, 0.2) is 0 Å². The van der Waals surface area contributed by atoms with E-state index < -0.39 is 8.07 Å². The minimum absolute atomic E-state index is 0. The minimum atomic E-state index is -1.35. The van der Waals surface area contributed by atoms with Crippen molar-refractivity contribution in [3.8, 4) is 22.5 Å². The van der Waals surface area contributed by atoms with Crippen LogP contribution in [0.3, 0.4) is 0 Å². The zero-order valence-corrected chi connectivity index (χ0v) is 26.3. The first-order valence-electron chi connectivity index (χ1n) is 13.0. The fourth-order valence-electron chi connectivity index (χ4n) is 4.37.